The van der Waals surface area contributed by atoms with Crippen LogP contribution in [0.4, 0.5) is 0 Å². The molecule has 1 fully saturated rings. The van der Waals surface area contributed by atoms with Gasteiger partial charge in [0.2, 0.25) is 0 Å². The van der Waals surface area contributed by atoms with Gasteiger partial charge in [-0.05, 0) is 23.8 Å². The molecule has 0 saturated carbocycles. The van der Waals surface area contributed by atoms with Crippen LogP contribution in [0, 0.1) is 0 Å². The van der Waals surface area contributed by atoms with Crippen LogP contribution in [0.1, 0.15) is 5.56 Å². The van der Waals surface area contributed by atoms with Crippen LogP contribution in [0.15, 0.2) is 22.7 Å². The van der Waals surface area contributed by atoms with Crippen LogP contribution < -0.4 is 4.74 Å². The van der Waals surface area contributed by atoms with Gasteiger partial charge in [0.1, 0.15) is 5.75 Å². The third-order valence-corrected chi connectivity index (χ3v) is 3.85. The number of ether oxygens (including phenoxy) is 2. The quantitative estimate of drug-likeness (QED) is 0.911. The summed E-state index contributed by atoms with van der Waals surface area (Å²) in [7, 11) is 1.63. The van der Waals surface area contributed by atoms with Gasteiger partial charge in [0.15, 0.2) is 6.10 Å². The first-order chi connectivity index (χ1) is 9.10. The van der Waals surface area contributed by atoms with Gasteiger partial charge in [-0.2, -0.15) is 0 Å². The number of aliphatic carboxylic acids is 1. The minimum atomic E-state index is -0.908. The Kier molecular flexibility index (Phi) is 4.79. The molecule has 1 unspecified atom stereocenters. The second-order valence-corrected chi connectivity index (χ2v) is 5.24. The molecule has 0 aliphatic carbocycles. The first-order valence-corrected chi connectivity index (χ1v) is 6.78. The van der Waals surface area contributed by atoms with Crippen LogP contribution in [0.2, 0.25) is 0 Å². The number of carboxylic acid groups (broad SMARTS) is 1. The summed E-state index contributed by atoms with van der Waals surface area (Å²) < 4.78 is 11.4. The van der Waals surface area contributed by atoms with Gasteiger partial charge in [-0.1, -0.05) is 15.9 Å². The van der Waals surface area contributed by atoms with Crippen LogP contribution in [0.3, 0.4) is 0 Å². The number of hydrogen-bond donors (Lipinski definition) is 1. The molecular formula is C13H16BrNO4. The maximum absolute atomic E-state index is 10.9. The fraction of sp³-hybridized carbons (Fsp3) is 0.462. The highest BCUT2D eigenvalue weighted by Gasteiger charge is 2.26. The maximum Gasteiger partial charge on any atom is 0.334 e. The molecule has 19 heavy (non-hydrogen) atoms. The van der Waals surface area contributed by atoms with E-state index >= 15 is 0 Å². The lowest BCUT2D eigenvalue weighted by atomic mass is 10.1. The average molecular weight is 330 g/mol. The number of carboxylic acids is 1. The number of morpholine rings is 1. The molecule has 1 aliphatic rings. The summed E-state index contributed by atoms with van der Waals surface area (Å²) in [4.78, 5) is 13.0. The van der Waals surface area contributed by atoms with Crippen molar-refractivity contribution in [2.24, 2.45) is 0 Å². The molecule has 2 rings (SSSR count). The molecule has 1 saturated heterocycles. The molecule has 1 heterocycles. The number of benzene rings is 1. The lowest BCUT2D eigenvalue weighted by Crippen LogP contribution is -2.45. The van der Waals surface area contributed by atoms with Crippen molar-refractivity contribution in [3.8, 4) is 5.75 Å². The SMILES string of the molecule is COc1ccc(Br)c(CN2CCOC(C(=O)O)C2)c1. The van der Waals surface area contributed by atoms with Crippen molar-refractivity contribution in [3.05, 3.63) is 28.2 Å². The third kappa shape index (κ3) is 3.68. The predicted octanol–water partition coefficient (Wildman–Crippen LogP) is 1.74. The van der Waals surface area contributed by atoms with Crippen molar-refractivity contribution in [3.63, 3.8) is 0 Å². The number of hydrogen-bond acceptors (Lipinski definition) is 4. The Hall–Kier alpha value is -1.11. The Morgan fingerprint density at radius 1 is 1.63 bits per heavy atom. The van der Waals surface area contributed by atoms with Gasteiger partial charge in [0.25, 0.3) is 0 Å². The fourth-order valence-electron chi connectivity index (χ4n) is 2.04. The Bertz CT molecular complexity index is 466. The van der Waals surface area contributed by atoms with E-state index in [0.717, 1.165) is 22.3 Å². The first kappa shape index (κ1) is 14.3. The Morgan fingerprint density at radius 3 is 3.11 bits per heavy atom. The van der Waals surface area contributed by atoms with Crippen LogP contribution >= 0.6 is 15.9 Å². The third-order valence-electron chi connectivity index (χ3n) is 3.07. The Morgan fingerprint density at radius 2 is 2.42 bits per heavy atom. The van der Waals surface area contributed by atoms with Crippen molar-refractivity contribution in [2.45, 2.75) is 12.6 Å². The standard InChI is InChI=1S/C13H16BrNO4/c1-18-10-2-3-11(14)9(6-10)7-15-4-5-19-12(8-15)13(16)17/h2-3,6,12H,4-5,7-8H2,1H3,(H,16,17). The van der Waals surface area contributed by atoms with Crippen LogP contribution in [0.25, 0.3) is 0 Å². The highest BCUT2D eigenvalue weighted by atomic mass is 79.9. The summed E-state index contributed by atoms with van der Waals surface area (Å²) in [5.41, 5.74) is 1.07. The number of halogens is 1. The zero-order valence-electron chi connectivity index (χ0n) is 10.6. The number of methoxy groups -OCH3 is 1. The summed E-state index contributed by atoms with van der Waals surface area (Å²) in [6, 6.07) is 5.77. The van der Waals surface area contributed by atoms with E-state index in [1.54, 1.807) is 7.11 Å². The molecule has 0 aromatic heterocycles. The minimum absolute atomic E-state index is 0.402. The van der Waals surface area contributed by atoms with Crippen molar-refractivity contribution in [1.82, 2.24) is 4.90 Å². The lowest BCUT2D eigenvalue weighted by Gasteiger charge is -2.31. The van der Waals surface area contributed by atoms with E-state index in [2.05, 4.69) is 20.8 Å². The van der Waals surface area contributed by atoms with E-state index < -0.39 is 12.1 Å². The second-order valence-electron chi connectivity index (χ2n) is 4.39. The molecule has 1 aliphatic heterocycles. The largest absolute Gasteiger partial charge is 0.497 e. The van der Waals surface area contributed by atoms with Gasteiger partial charge in [-0.15, -0.1) is 0 Å². The smallest absolute Gasteiger partial charge is 0.334 e. The number of rotatable bonds is 4. The molecule has 1 N–H and O–H groups in total. The topological polar surface area (TPSA) is 59.0 Å². The normalized spacial score (nSPS) is 20.2. The average Bonchev–Trinajstić information content (AvgIpc) is 2.41. The molecule has 104 valence electrons. The monoisotopic (exact) mass is 329 g/mol. The predicted molar refractivity (Wildman–Crippen MR) is 73.3 cm³/mol. The van der Waals surface area contributed by atoms with Gasteiger partial charge in [0, 0.05) is 24.1 Å². The van der Waals surface area contributed by atoms with Gasteiger partial charge in [-0.25, -0.2) is 4.79 Å². The van der Waals surface area contributed by atoms with Gasteiger partial charge < -0.3 is 14.6 Å². The van der Waals surface area contributed by atoms with E-state index in [0.29, 0.717) is 19.7 Å². The molecule has 0 radical (unpaired) electrons. The van der Waals surface area contributed by atoms with Crippen molar-refractivity contribution < 1.29 is 19.4 Å². The summed E-state index contributed by atoms with van der Waals surface area (Å²) in [5, 5.41) is 8.98. The molecule has 5 nitrogen and oxygen atoms in total. The molecule has 0 spiro atoms. The fourth-order valence-corrected chi connectivity index (χ4v) is 2.41. The summed E-state index contributed by atoms with van der Waals surface area (Å²) >= 11 is 3.50. The van der Waals surface area contributed by atoms with E-state index in [1.165, 1.54) is 0 Å². The summed E-state index contributed by atoms with van der Waals surface area (Å²) in [5.74, 6) is -0.115. The van der Waals surface area contributed by atoms with E-state index in [4.69, 9.17) is 14.6 Å². The van der Waals surface area contributed by atoms with Gasteiger partial charge in [0.05, 0.1) is 13.7 Å². The highest BCUT2D eigenvalue weighted by Crippen LogP contribution is 2.24. The van der Waals surface area contributed by atoms with E-state index in [-0.39, 0.29) is 0 Å². The molecule has 1 aromatic rings. The van der Waals surface area contributed by atoms with Crippen LogP contribution in [-0.2, 0) is 16.1 Å². The molecule has 0 amide bonds. The number of carbonyl (C=O) groups is 1. The maximum atomic E-state index is 10.9. The molecule has 0 bridgehead atoms. The zero-order valence-corrected chi connectivity index (χ0v) is 12.2. The van der Waals surface area contributed by atoms with Crippen LogP contribution in [0.5, 0.6) is 5.75 Å². The Balaban J connectivity index is 2.06. The molecule has 1 aromatic carbocycles. The van der Waals surface area contributed by atoms with E-state index in [9.17, 15) is 4.79 Å². The Labute approximate surface area is 120 Å². The van der Waals surface area contributed by atoms with Crippen LogP contribution in [-0.4, -0.2) is 48.9 Å². The first-order valence-electron chi connectivity index (χ1n) is 5.99. The lowest BCUT2D eigenvalue weighted by molar-refractivity contribution is -0.156. The second kappa shape index (κ2) is 6.36. The summed E-state index contributed by atoms with van der Waals surface area (Å²) in [6.45, 7) is 2.25. The van der Waals surface area contributed by atoms with E-state index in [1.807, 2.05) is 18.2 Å². The molecule has 6 heteroatoms. The minimum Gasteiger partial charge on any atom is -0.497 e. The summed E-state index contributed by atoms with van der Waals surface area (Å²) in [6.07, 6.45) is -0.738. The number of nitrogens with zero attached hydrogens (tertiary/aromatic N) is 1. The molecular weight excluding hydrogens is 314 g/mol. The zero-order chi connectivity index (χ0) is 13.8. The molecule has 1 atom stereocenters. The highest BCUT2D eigenvalue weighted by molar-refractivity contribution is 9.10. The van der Waals surface area contributed by atoms with Gasteiger partial charge in [-0.3, -0.25) is 4.90 Å². The van der Waals surface area contributed by atoms with Crippen molar-refractivity contribution in [1.29, 1.82) is 0 Å². The van der Waals surface area contributed by atoms with Gasteiger partial charge >= 0.3 is 5.97 Å². The van der Waals surface area contributed by atoms with Crippen molar-refractivity contribution in [2.75, 3.05) is 26.8 Å². The van der Waals surface area contributed by atoms with Crippen molar-refractivity contribution >= 4 is 21.9 Å².